The van der Waals surface area contributed by atoms with Crippen molar-refractivity contribution in [1.29, 1.82) is 0 Å². The summed E-state index contributed by atoms with van der Waals surface area (Å²) in [6.07, 6.45) is 3.14. The van der Waals surface area contributed by atoms with E-state index in [0.717, 1.165) is 37.8 Å². The van der Waals surface area contributed by atoms with Crippen molar-refractivity contribution in [3.63, 3.8) is 0 Å². The van der Waals surface area contributed by atoms with Gasteiger partial charge in [0.05, 0.1) is 32.5 Å². The van der Waals surface area contributed by atoms with Crippen LogP contribution in [0.5, 0.6) is 11.5 Å². The molecule has 32 nitrogen and oxygen atoms in total. The van der Waals surface area contributed by atoms with E-state index in [-0.39, 0.29) is 118 Å². The maximum atomic E-state index is 12.7. The van der Waals surface area contributed by atoms with Gasteiger partial charge in [-0.05, 0) is 156 Å². The number of rotatable bonds is 30. The molecule has 0 fully saturated rings. The lowest BCUT2D eigenvalue weighted by Crippen LogP contribution is -2.11. The third kappa shape index (κ3) is 17.0. The number of nitrogens with one attached hydrogen (secondary N) is 6. The summed E-state index contributed by atoms with van der Waals surface area (Å²) in [5.41, 5.74) is 3.77. The van der Waals surface area contributed by atoms with Crippen LogP contribution in [-0.4, -0.2) is 100 Å². The Morgan fingerprint density at radius 3 is 1.08 bits per heavy atom. The van der Waals surface area contributed by atoms with Gasteiger partial charge >= 0.3 is 0 Å². The van der Waals surface area contributed by atoms with E-state index in [1.807, 2.05) is 13.8 Å². The third-order valence-corrected chi connectivity index (χ3v) is 15.3. The zero-order valence-electron chi connectivity index (χ0n) is 49.4. The number of azo groups is 2. The van der Waals surface area contributed by atoms with E-state index in [1.54, 1.807) is 74.5 Å². The number of phenolic OH excluding ortho intramolecular Hbond substituents is 2. The Hall–Kier alpha value is -9.82. The molecule has 0 saturated carbocycles. The van der Waals surface area contributed by atoms with Crippen LogP contribution < -0.4 is 31.9 Å². The summed E-state index contributed by atoms with van der Waals surface area (Å²) in [4.78, 5) is 43.4. The van der Waals surface area contributed by atoms with Gasteiger partial charge in [-0.3, -0.25) is 30.1 Å². The van der Waals surface area contributed by atoms with Crippen LogP contribution in [0.2, 0.25) is 0 Å². The van der Waals surface area contributed by atoms with Gasteiger partial charge in [0.2, 0.25) is 35.7 Å². The molecule has 0 atom stereocenters. The Morgan fingerprint density at radius 2 is 0.761 bits per heavy atom. The Balaban J connectivity index is 1.02. The van der Waals surface area contributed by atoms with Gasteiger partial charge in [0.15, 0.2) is 11.5 Å². The first kappa shape index (κ1) is 66.6. The van der Waals surface area contributed by atoms with Crippen LogP contribution in [0.1, 0.15) is 72.9 Å². The number of anilines is 10. The molecule has 7 aromatic carbocycles. The van der Waals surface area contributed by atoms with E-state index in [2.05, 4.69) is 102 Å². The Bertz CT molecular complexity index is 4150. The molecular formula is C58H62N16O16S2. The van der Waals surface area contributed by atoms with Crippen molar-refractivity contribution < 1.29 is 76.7 Å². The summed E-state index contributed by atoms with van der Waals surface area (Å²) < 4.78 is 71.4. The summed E-state index contributed by atoms with van der Waals surface area (Å²) in [5.74, 6) is -0.912. The van der Waals surface area contributed by atoms with Gasteiger partial charge in [-0.25, -0.2) is 19.6 Å². The molecule has 0 unspecified atom stereocenters. The first-order valence-corrected chi connectivity index (χ1v) is 30.9. The molecule has 14 N–H and O–H groups in total. The average molecular weight is 1300 g/mol. The predicted octanol–water partition coefficient (Wildman–Crippen LogP) is 13.1. The quantitative estimate of drug-likeness (QED) is 0.00653. The maximum Gasteiger partial charge on any atom is 0.294 e. The van der Waals surface area contributed by atoms with E-state index in [4.69, 9.17) is 21.0 Å². The normalized spacial score (nSPS) is 11.9. The van der Waals surface area contributed by atoms with Crippen LogP contribution in [-0.2, 0) is 66.2 Å². The highest BCUT2D eigenvalue weighted by atomic mass is 32.2. The minimum atomic E-state index is -4.83. The molecule has 0 saturated heterocycles. The minimum Gasteiger partial charge on any atom is -0.505 e. The fourth-order valence-electron chi connectivity index (χ4n) is 9.46. The fraction of sp³-hybridized carbons (Fsp3) is 0.241. The fourth-order valence-corrected chi connectivity index (χ4v) is 10.5. The Labute approximate surface area is 524 Å². The molecule has 34 heteroatoms. The topological polar surface area (TPSA) is 466 Å². The molecule has 9 rings (SSSR count). The SMILES string of the molecule is CCCCNc1nc(Nc2ccc(Nc3nc(NCCCC)nc(Nc4cc(S(=O)(=O)O)cc5cc(C)c(N=Nc6cc(COO)cc(COO)c6)c(O)c45)n3)cc2)nc(Nc2cc(S(=O)(=O)O)cc3cc(C)c(N=Nc4cc(COO)cc(COO)c4)c(O)c23)n1. The van der Waals surface area contributed by atoms with Crippen LogP contribution in [0.15, 0.2) is 127 Å². The van der Waals surface area contributed by atoms with Gasteiger partial charge in [0, 0.05) is 35.2 Å². The summed E-state index contributed by atoms with van der Waals surface area (Å²) in [6, 6.07) is 23.7. The predicted molar refractivity (Wildman–Crippen MR) is 337 cm³/mol. The van der Waals surface area contributed by atoms with Crippen molar-refractivity contribution in [3.8, 4) is 11.5 Å². The highest BCUT2D eigenvalue weighted by Crippen LogP contribution is 2.46. The van der Waals surface area contributed by atoms with Gasteiger partial charge in [-0.1, -0.05) is 38.8 Å². The lowest BCUT2D eigenvalue weighted by atomic mass is 10.0. The number of aryl methyl sites for hydroxylation is 2. The second-order valence-electron chi connectivity index (χ2n) is 20.6. The summed E-state index contributed by atoms with van der Waals surface area (Å²) in [6.45, 7) is 7.23. The van der Waals surface area contributed by atoms with Gasteiger partial charge in [-0.15, -0.1) is 10.2 Å². The number of nitrogens with zero attached hydrogens (tertiary/aromatic N) is 10. The number of aromatic hydroxyl groups is 2. The number of aromatic nitrogens is 6. The van der Waals surface area contributed by atoms with Crippen molar-refractivity contribution in [1.82, 2.24) is 29.9 Å². The number of benzene rings is 7. The van der Waals surface area contributed by atoms with Gasteiger partial charge in [0.25, 0.3) is 20.2 Å². The van der Waals surface area contributed by atoms with Gasteiger partial charge < -0.3 is 42.1 Å². The zero-order valence-corrected chi connectivity index (χ0v) is 51.1. The van der Waals surface area contributed by atoms with Crippen LogP contribution in [0.3, 0.4) is 0 Å². The van der Waals surface area contributed by atoms with Crippen LogP contribution >= 0.6 is 0 Å². The minimum absolute atomic E-state index is 0.00712. The van der Waals surface area contributed by atoms with Crippen molar-refractivity contribution >= 4 is 123 Å². The molecule has 2 aromatic heterocycles. The number of hydrogen-bond donors (Lipinski definition) is 14. The first-order valence-electron chi connectivity index (χ1n) is 28.0. The highest BCUT2D eigenvalue weighted by Gasteiger charge is 2.24. The third-order valence-electron chi connectivity index (χ3n) is 13.6. The number of hydrogen-bond acceptors (Lipinski definition) is 30. The molecule has 0 bridgehead atoms. The molecule has 0 aliphatic carbocycles. The van der Waals surface area contributed by atoms with E-state index in [1.165, 1.54) is 24.3 Å². The zero-order chi connectivity index (χ0) is 65.7. The first-order chi connectivity index (χ1) is 44.1. The standard InChI is InChI=1S/C58H62N16O16S2/c1-5-7-13-59-53-65-55(69-57(67-53)63-45-25-43(91(81,82)83)23-37-15-31(3)49(51(75)47(37)45)73-71-41-19-33(27-87-77)17-34(20-41)28-88-78)61-39-9-11-40(12-10-39)62-56-66-54(60-14-8-6-2)68-58(70-56)64-46-26-44(92(84,85)86)24-38-16-32(4)50(52(76)48(38)46)74-72-42-21-35(29-89-79)18-36(22-42)30-90-80/h9-12,15-26,75-80H,5-8,13-14,27-30H2,1-4H3,(H,81,82,83)(H,84,85,86)(H3,59,61,63,65,67,69)(H3,60,62,64,66,68,70). The summed E-state index contributed by atoms with van der Waals surface area (Å²) >= 11 is 0. The van der Waals surface area contributed by atoms with Gasteiger partial charge in [0.1, 0.15) is 37.8 Å². The smallest absolute Gasteiger partial charge is 0.294 e. The van der Waals surface area contributed by atoms with Crippen molar-refractivity contribution in [2.75, 3.05) is 45.0 Å². The molecule has 0 amide bonds. The lowest BCUT2D eigenvalue weighted by molar-refractivity contribution is -0.254. The van der Waals surface area contributed by atoms with Crippen molar-refractivity contribution in [2.45, 2.75) is 89.6 Å². The van der Waals surface area contributed by atoms with Crippen LogP contribution in [0, 0.1) is 13.8 Å². The van der Waals surface area contributed by atoms with Gasteiger partial charge in [-0.2, -0.15) is 57.0 Å². The number of fused-ring (bicyclic) bond motifs is 2. The average Bonchev–Trinajstić information content (AvgIpc) is 0.788. The summed E-state index contributed by atoms with van der Waals surface area (Å²) in [7, 11) is -9.66. The Morgan fingerprint density at radius 1 is 0.435 bits per heavy atom. The van der Waals surface area contributed by atoms with E-state index < -0.39 is 41.5 Å². The number of unbranched alkanes of at least 4 members (excludes halogenated alkanes) is 2. The monoisotopic (exact) mass is 1300 g/mol. The largest absolute Gasteiger partial charge is 0.505 e. The molecule has 482 valence electrons. The van der Waals surface area contributed by atoms with E-state index >= 15 is 0 Å². The molecular weight excluding hydrogens is 1240 g/mol. The van der Waals surface area contributed by atoms with Crippen molar-refractivity contribution in [2.24, 2.45) is 20.5 Å². The van der Waals surface area contributed by atoms with E-state index in [9.17, 15) is 36.2 Å². The second-order valence-corrected chi connectivity index (χ2v) is 23.5. The highest BCUT2D eigenvalue weighted by molar-refractivity contribution is 7.86. The van der Waals surface area contributed by atoms with E-state index in [0.29, 0.717) is 57.8 Å². The molecule has 0 aliphatic rings. The molecule has 92 heavy (non-hydrogen) atoms. The Kier molecular flexibility index (Phi) is 21.6. The molecule has 0 spiro atoms. The molecule has 2 heterocycles. The second kappa shape index (κ2) is 29.9. The van der Waals surface area contributed by atoms with Crippen LogP contribution in [0.25, 0.3) is 21.5 Å². The molecule has 0 aliphatic heterocycles. The maximum absolute atomic E-state index is 12.7. The lowest BCUT2D eigenvalue weighted by Gasteiger charge is -2.16. The van der Waals surface area contributed by atoms with Crippen molar-refractivity contribution in [3.05, 3.63) is 130 Å². The molecule has 9 aromatic rings. The molecule has 0 radical (unpaired) electrons. The number of phenols is 2. The summed E-state index contributed by atoms with van der Waals surface area (Å²) in [5, 5.41) is 96.5. The van der Waals surface area contributed by atoms with Crippen LogP contribution in [0.4, 0.5) is 81.2 Å².